The summed E-state index contributed by atoms with van der Waals surface area (Å²) in [5, 5.41) is 3.00. The zero-order valence-electron chi connectivity index (χ0n) is 7.25. The van der Waals surface area contributed by atoms with E-state index < -0.39 is 0 Å². The van der Waals surface area contributed by atoms with Crippen LogP contribution in [0.4, 0.5) is 5.69 Å². The second-order valence-corrected chi connectivity index (χ2v) is 2.97. The monoisotopic (exact) mass is 177 g/mol. The van der Waals surface area contributed by atoms with Crippen molar-refractivity contribution in [3.8, 4) is 5.75 Å². The van der Waals surface area contributed by atoms with E-state index in [0.717, 1.165) is 30.8 Å². The van der Waals surface area contributed by atoms with Crippen LogP contribution >= 0.6 is 0 Å². The van der Waals surface area contributed by atoms with Crippen molar-refractivity contribution in [3.63, 3.8) is 0 Å². The molecule has 0 radical (unpaired) electrons. The molecule has 1 aliphatic heterocycles. The summed E-state index contributed by atoms with van der Waals surface area (Å²) in [4.78, 5) is 10.1. The third kappa shape index (κ3) is 1.64. The lowest BCUT2D eigenvalue weighted by Gasteiger charge is -2.04. The van der Waals surface area contributed by atoms with Crippen LogP contribution in [-0.2, 0) is 11.2 Å². The number of anilines is 1. The van der Waals surface area contributed by atoms with Crippen molar-refractivity contribution in [1.29, 1.82) is 0 Å². The first-order valence-corrected chi connectivity index (χ1v) is 4.33. The predicted octanol–water partition coefficient (Wildman–Crippen LogP) is 1.23. The van der Waals surface area contributed by atoms with E-state index in [0.29, 0.717) is 6.54 Å². The van der Waals surface area contributed by atoms with Gasteiger partial charge in [0.05, 0.1) is 13.2 Å². The molecule has 3 heteroatoms. The molecule has 0 saturated heterocycles. The number of rotatable bonds is 3. The Morgan fingerprint density at radius 2 is 2.46 bits per heavy atom. The Labute approximate surface area is 76.7 Å². The number of aldehydes is 1. The van der Waals surface area contributed by atoms with Crippen LogP contribution in [0.1, 0.15) is 5.56 Å². The molecule has 1 aromatic rings. The van der Waals surface area contributed by atoms with Crippen LogP contribution in [0, 0.1) is 0 Å². The van der Waals surface area contributed by atoms with Gasteiger partial charge in [0.1, 0.15) is 12.0 Å². The zero-order chi connectivity index (χ0) is 9.10. The van der Waals surface area contributed by atoms with E-state index in [2.05, 4.69) is 5.32 Å². The van der Waals surface area contributed by atoms with Gasteiger partial charge in [-0.25, -0.2) is 0 Å². The molecule has 0 amide bonds. The summed E-state index contributed by atoms with van der Waals surface area (Å²) in [6.07, 6.45) is 1.82. The Hall–Kier alpha value is -1.51. The summed E-state index contributed by atoms with van der Waals surface area (Å²) >= 11 is 0. The number of hydrogen-bond donors (Lipinski definition) is 1. The first-order valence-electron chi connectivity index (χ1n) is 4.33. The summed E-state index contributed by atoms with van der Waals surface area (Å²) in [5.74, 6) is 0.969. The maximum Gasteiger partial charge on any atom is 0.139 e. The van der Waals surface area contributed by atoms with E-state index in [9.17, 15) is 4.79 Å². The highest BCUT2D eigenvalue weighted by molar-refractivity contribution is 5.61. The van der Waals surface area contributed by atoms with Gasteiger partial charge in [-0.15, -0.1) is 0 Å². The largest absolute Gasteiger partial charge is 0.493 e. The van der Waals surface area contributed by atoms with Crippen LogP contribution in [0.25, 0.3) is 0 Å². The molecule has 1 heterocycles. The molecule has 1 aliphatic rings. The number of benzene rings is 1. The first-order chi connectivity index (χ1) is 6.40. The van der Waals surface area contributed by atoms with Gasteiger partial charge in [0.15, 0.2) is 0 Å². The topological polar surface area (TPSA) is 38.3 Å². The molecule has 13 heavy (non-hydrogen) atoms. The SMILES string of the molecule is O=CCNc1ccc2c(c1)CCO2. The minimum absolute atomic E-state index is 0.361. The van der Waals surface area contributed by atoms with E-state index in [1.165, 1.54) is 5.56 Å². The fourth-order valence-electron chi connectivity index (χ4n) is 1.46. The van der Waals surface area contributed by atoms with Crippen molar-refractivity contribution in [3.05, 3.63) is 23.8 Å². The van der Waals surface area contributed by atoms with Crippen LogP contribution in [0.5, 0.6) is 5.75 Å². The lowest BCUT2D eigenvalue weighted by Crippen LogP contribution is -2.01. The van der Waals surface area contributed by atoms with Crippen LogP contribution in [0.2, 0.25) is 0 Å². The molecule has 0 atom stereocenters. The molecule has 2 rings (SSSR count). The molecule has 1 N–H and O–H groups in total. The number of nitrogens with one attached hydrogen (secondary N) is 1. The Kier molecular flexibility index (Phi) is 2.17. The molecule has 0 aromatic heterocycles. The number of carbonyl (C=O) groups excluding carboxylic acids is 1. The van der Waals surface area contributed by atoms with Crippen molar-refractivity contribution in [2.24, 2.45) is 0 Å². The molecule has 3 nitrogen and oxygen atoms in total. The summed E-state index contributed by atoms with van der Waals surface area (Å²) in [6, 6.07) is 5.90. The average molecular weight is 177 g/mol. The van der Waals surface area contributed by atoms with Gasteiger partial charge >= 0.3 is 0 Å². The summed E-state index contributed by atoms with van der Waals surface area (Å²) in [6.45, 7) is 1.13. The van der Waals surface area contributed by atoms with Gasteiger partial charge in [-0.3, -0.25) is 0 Å². The molecule has 0 aliphatic carbocycles. The maximum atomic E-state index is 10.1. The number of carbonyl (C=O) groups is 1. The minimum atomic E-state index is 0.361. The van der Waals surface area contributed by atoms with E-state index in [-0.39, 0.29) is 0 Å². The minimum Gasteiger partial charge on any atom is -0.493 e. The summed E-state index contributed by atoms with van der Waals surface area (Å²) in [7, 11) is 0. The summed E-state index contributed by atoms with van der Waals surface area (Å²) < 4.78 is 5.36. The Bertz CT molecular complexity index is 323. The molecule has 68 valence electrons. The van der Waals surface area contributed by atoms with Gasteiger partial charge in [-0.05, 0) is 23.8 Å². The molecule has 0 unspecified atom stereocenters. The quantitative estimate of drug-likeness (QED) is 0.706. The first kappa shape index (κ1) is 8.10. The van der Waals surface area contributed by atoms with E-state index in [4.69, 9.17) is 4.74 Å². The van der Waals surface area contributed by atoms with Crippen molar-refractivity contribution >= 4 is 12.0 Å². The molecule has 0 saturated carbocycles. The highest BCUT2D eigenvalue weighted by Gasteiger charge is 2.11. The van der Waals surface area contributed by atoms with Gasteiger partial charge in [0, 0.05) is 12.1 Å². The van der Waals surface area contributed by atoms with Crippen molar-refractivity contribution < 1.29 is 9.53 Å². The smallest absolute Gasteiger partial charge is 0.139 e. The fraction of sp³-hybridized carbons (Fsp3) is 0.300. The molecule has 1 aromatic carbocycles. The number of ether oxygens (including phenoxy) is 1. The van der Waals surface area contributed by atoms with Gasteiger partial charge in [-0.2, -0.15) is 0 Å². The van der Waals surface area contributed by atoms with Crippen molar-refractivity contribution in [2.75, 3.05) is 18.5 Å². The lowest BCUT2D eigenvalue weighted by atomic mass is 10.1. The Morgan fingerprint density at radius 1 is 1.54 bits per heavy atom. The van der Waals surface area contributed by atoms with E-state index in [1.807, 2.05) is 18.2 Å². The number of hydrogen-bond acceptors (Lipinski definition) is 3. The molecule has 0 bridgehead atoms. The third-order valence-corrected chi connectivity index (χ3v) is 2.08. The molecular formula is C10H11NO2. The number of fused-ring (bicyclic) bond motifs is 1. The molecule has 0 fully saturated rings. The van der Waals surface area contributed by atoms with Gasteiger partial charge < -0.3 is 14.8 Å². The van der Waals surface area contributed by atoms with Crippen molar-refractivity contribution in [2.45, 2.75) is 6.42 Å². The van der Waals surface area contributed by atoms with Crippen LogP contribution < -0.4 is 10.1 Å². The third-order valence-electron chi connectivity index (χ3n) is 2.08. The van der Waals surface area contributed by atoms with Crippen LogP contribution in [-0.4, -0.2) is 19.4 Å². The highest BCUT2D eigenvalue weighted by Crippen LogP contribution is 2.27. The van der Waals surface area contributed by atoms with Gasteiger partial charge in [-0.1, -0.05) is 0 Å². The van der Waals surface area contributed by atoms with Crippen molar-refractivity contribution in [1.82, 2.24) is 0 Å². The second kappa shape index (κ2) is 3.47. The Balaban J connectivity index is 2.16. The maximum absolute atomic E-state index is 10.1. The normalized spacial score (nSPS) is 13.2. The zero-order valence-corrected chi connectivity index (χ0v) is 7.25. The highest BCUT2D eigenvalue weighted by atomic mass is 16.5. The van der Waals surface area contributed by atoms with Gasteiger partial charge in [0.2, 0.25) is 0 Å². The second-order valence-electron chi connectivity index (χ2n) is 2.97. The molecule has 0 spiro atoms. The standard InChI is InChI=1S/C10H11NO2/c12-5-4-11-9-1-2-10-8(7-9)3-6-13-10/h1-2,5,7,11H,3-4,6H2. The Morgan fingerprint density at radius 3 is 3.31 bits per heavy atom. The average Bonchev–Trinajstić information content (AvgIpc) is 2.61. The predicted molar refractivity (Wildman–Crippen MR) is 50.2 cm³/mol. The summed E-state index contributed by atoms with van der Waals surface area (Å²) in [5.41, 5.74) is 2.20. The van der Waals surface area contributed by atoms with Crippen LogP contribution in [0.15, 0.2) is 18.2 Å². The molecular weight excluding hydrogens is 166 g/mol. The van der Waals surface area contributed by atoms with Gasteiger partial charge in [0.25, 0.3) is 0 Å². The van der Waals surface area contributed by atoms with Crippen LogP contribution in [0.3, 0.4) is 0 Å². The van der Waals surface area contributed by atoms with E-state index in [1.54, 1.807) is 0 Å². The fourth-order valence-corrected chi connectivity index (χ4v) is 1.46. The lowest BCUT2D eigenvalue weighted by molar-refractivity contribution is -0.106. The van der Waals surface area contributed by atoms with E-state index >= 15 is 0 Å².